The second-order valence-electron chi connectivity index (χ2n) is 10.7. The van der Waals surface area contributed by atoms with Crippen LogP contribution in [0.25, 0.3) is 22.2 Å². The van der Waals surface area contributed by atoms with Gasteiger partial charge in [0, 0.05) is 29.1 Å². The Morgan fingerprint density at radius 2 is 1.74 bits per heavy atom. The van der Waals surface area contributed by atoms with Crippen molar-refractivity contribution in [2.75, 3.05) is 33.3 Å². The van der Waals surface area contributed by atoms with Gasteiger partial charge >= 0.3 is 12.1 Å². The number of methoxy groups -OCH3 is 1. The molecule has 5 rings (SSSR count). The van der Waals surface area contributed by atoms with Gasteiger partial charge in [0.1, 0.15) is 0 Å². The fourth-order valence-electron chi connectivity index (χ4n) is 6.19. The number of aromatic nitrogens is 1. The maximum atomic E-state index is 13.7. The Hall–Kier alpha value is -2.97. The number of carbonyl (C=O) groups excluding carboxylic acids is 1. The number of aryl methyl sites for hydroxylation is 1. The van der Waals surface area contributed by atoms with Gasteiger partial charge in [-0.2, -0.15) is 13.2 Å². The van der Waals surface area contributed by atoms with Crippen LogP contribution in [-0.2, 0) is 23.9 Å². The number of halogens is 3. The summed E-state index contributed by atoms with van der Waals surface area (Å²) in [4.78, 5) is 23.2. The Bertz CT molecular complexity index is 1330. The molecule has 2 fully saturated rings. The molecule has 208 valence electrons. The highest BCUT2D eigenvalue weighted by atomic mass is 19.4. The summed E-state index contributed by atoms with van der Waals surface area (Å²) >= 11 is 0. The van der Waals surface area contributed by atoms with E-state index in [9.17, 15) is 18.0 Å². The number of benzene rings is 2. The molecule has 0 atom stereocenters. The van der Waals surface area contributed by atoms with Crippen LogP contribution in [0.4, 0.5) is 13.2 Å². The first-order valence-corrected chi connectivity index (χ1v) is 14.0. The lowest BCUT2D eigenvalue weighted by Crippen LogP contribution is -2.46. The molecule has 2 aliphatic rings. The summed E-state index contributed by atoms with van der Waals surface area (Å²) in [6.07, 6.45) is 2.08. The van der Waals surface area contributed by atoms with Crippen LogP contribution in [0.3, 0.4) is 0 Å². The largest absolute Gasteiger partial charge is 0.465 e. The number of para-hydroxylation sites is 1. The number of likely N-dealkylation sites (tertiary alicyclic amines) is 2. The summed E-state index contributed by atoms with van der Waals surface area (Å²) < 4.78 is 46.3. The van der Waals surface area contributed by atoms with E-state index in [4.69, 9.17) is 9.72 Å². The number of alkyl halides is 3. The monoisotopic (exact) mass is 539 g/mol. The molecule has 3 aromatic rings. The van der Waals surface area contributed by atoms with Crippen LogP contribution in [0.1, 0.15) is 66.1 Å². The van der Waals surface area contributed by atoms with Gasteiger partial charge in [-0.05, 0) is 76.0 Å². The van der Waals surface area contributed by atoms with Crippen LogP contribution in [0.15, 0.2) is 42.5 Å². The highest BCUT2D eigenvalue weighted by Gasteiger charge is 2.32. The van der Waals surface area contributed by atoms with Crippen LogP contribution in [-0.4, -0.2) is 60.1 Å². The van der Waals surface area contributed by atoms with Crippen molar-refractivity contribution in [3.05, 3.63) is 64.7 Å². The van der Waals surface area contributed by atoms with Gasteiger partial charge in [0.05, 0.1) is 29.4 Å². The molecule has 0 N–H and O–H groups in total. The smallest absolute Gasteiger partial charge is 0.416 e. The van der Waals surface area contributed by atoms with E-state index in [1.807, 2.05) is 25.1 Å². The van der Waals surface area contributed by atoms with Crippen LogP contribution in [0.5, 0.6) is 0 Å². The van der Waals surface area contributed by atoms with Crippen molar-refractivity contribution in [1.82, 2.24) is 14.8 Å². The van der Waals surface area contributed by atoms with Crippen molar-refractivity contribution >= 4 is 16.9 Å². The summed E-state index contributed by atoms with van der Waals surface area (Å²) in [7, 11) is 1.34. The fourth-order valence-corrected chi connectivity index (χ4v) is 6.19. The molecule has 0 radical (unpaired) electrons. The van der Waals surface area contributed by atoms with Crippen LogP contribution < -0.4 is 0 Å². The number of fused-ring (bicyclic) bond motifs is 1. The summed E-state index contributed by atoms with van der Waals surface area (Å²) in [5.74, 6) is -0.498. The van der Waals surface area contributed by atoms with Crippen molar-refractivity contribution in [2.45, 2.75) is 64.2 Å². The molecule has 5 nitrogen and oxygen atoms in total. The van der Waals surface area contributed by atoms with Gasteiger partial charge in [0.25, 0.3) is 0 Å². The normalized spacial score (nSPS) is 18.0. The number of pyridine rings is 1. The Morgan fingerprint density at radius 1 is 1.03 bits per heavy atom. The third kappa shape index (κ3) is 5.82. The molecule has 0 saturated carbocycles. The van der Waals surface area contributed by atoms with E-state index < -0.39 is 17.7 Å². The minimum Gasteiger partial charge on any atom is -0.465 e. The SMILES string of the molecule is CCc1cccc2c(C(=O)OC)c(CN3CCC(N4CCCCC4)CC3)c(-c3cccc(C(F)(F)F)c3)nc12. The number of carbonyl (C=O) groups is 1. The lowest BCUT2D eigenvalue weighted by Gasteiger charge is -2.40. The van der Waals surface area contributed by atoms with Crippen molar-refractivity contribution in [2.24, 2.45) is 0 Å². The van der Waals surface area contributed by atoms with Crippen LogP contribution >= 0.6 is 0 Å². The van der Waals surface area contributed by atoms with Gasteiger partial charge in [-0.25, -0.2) is 9.78 Å². The maximum Gasteiger partial charge on any atom is 0.416 e. The number of hydrogen-bond acceptors (Lipinski definition) is 5. The van der Waals surface area contributed by atoms with Crippen molar-refractivity contribution < 1.29 is 22.7 Å². The quantitative estimate of drug-likeness (QED) is 0.326. The Morgan fingerprint density at radius 3 is 2.41 bits per heavy atom. The number of ether oxygens (including phenoxy) is 1. The third-order valence-corrected chi connectivity index (χ3v) is 8.28. The van der Waals surface area contributed by atoms with E-state index in [-0.39, 0.29) is 0 Å². The molecule has 2 aliphatic heterocycles. The van der Waals surface area contributed by atoms with Crippen molar-refractivity contribution in [3.63, 3.8) is 0 Å². The van der Waals surface area contributed by atoms with Gasteiger partial charge in [0.2, 0.25) is 0 Å². The second-order valence-corrected chi connectivity index (χ2v) is 10.7. The molecule has 0 unspecified atom stereocenters. The minimum atomic E-state index is -4.48. The fraction of sp³-hybridized carbons (Fsp3) is 0.484. The first-order chi connectivity index (χ1) is 18.8. The molecule has 0 bridgehead atoms. The molecule has 8 heteroatoms. The number of piperidine rings is 2. The second kappa shape index (κ2) is 11.6. The van der Waals surface area contributed by atoms with E-state index in [2.05, 4.69) is 9.80 Å². The standard InChI is InChI=1S/C31H36F3N3O2/c1-3-21-9-8-12-25-27(30(38)39-2)26(20-36-17-13-24(14-18-36)37-15-5-4-6-16-37)29(35-28(21)25)22-10-7-11-23(19-22)31(32,33)34/h7-12,19,24H,3-6,13-18,20H2,1-2H3. The Balaban J connectivity index is 1.59. The molecule has 0 aliphatic carbocycles. The zero-order chi connectivity index (χ0) is 27.6. The maximum absolute atomic E-state index is 13.7. The molecule has 39 heavy (non-hydrogen) atoms. The summed E-state index contributed by atoms with van der Waals surface area (Å²) in [6, 6.07) is 11.5. The van der Waals surface area contributed by atoms with Gasteiger partial charge in [-0.15, -0.1) is 0 Å². The predicted octanol–water partition coefficient (Wildman–Crippen LogP) is 6.72. The highest BCUT2D eigenvalue weighted by Crippen LogP contribution is 2.37. The van der Waals surface area contributed by atoms with Gasteiger partial charge in [-0.3, -0.25) is 4.90 Å². The van der Waals surface area contributed by atoms with Gasteiger partial charge < -0.3 is 9.64 Å². The predicted molar refractivity (Wildman–Crippen MR) is 147 cm³/mol. The average Bonchev–Trinajstić information content (AvgIpc) is 2.96. The molecule has 1 aromatic heterocycles. The van der Waals surface area contributed by atoms with E-state index in [0.29, 0.717) is 52.3 Å². The first-order valence-electron chi connectivity index (χ1n) is 14.0. The average molecular weight is 540 g/mol. The van der Waals surface area contributed by atoms with E-state index in [1.165, 1.54) is 32.4 Å². The van der Waals surface area contributed by atoms with Crippen molar-refractivity contribution in [1.29, 1.82) is 0 Å². The van der Waals surface area contributed by atoms with E-state index in [1.54, 1.807) is 6.07 Å². The Kier molecular flexibility index (Phi) is 8.24. The molecule has 3 heterocycles. The van der Waals surface area contributed by atoms with E-state index >= 15 is 0 Å². The molecule has 0 amide bonds. The number of nitrogens with zero attached hydrogens (tertiary/aromatic N) is 3. The topological polar surface area (TPSA) is 45.7 Å². The Labute approximate surface area is 228 Å². The summed E-state index contributed by atoms with van der Waals surface area (Å²) in [5.41, 5.74) is 2.59. The number of hydrogen-bond donors (Lipinski definition) is 0. The molecule has 2 saturated heterocycles. The molecule has 0 spiro atoms. The summed E-state index contributed by atoms with van der Waals surface area (Å²) in [6.45, 7) is 6.45. The molecular weight excluding hydrogens is 503 g/mol. The summed E-state index contributed by atoms with van der Waals surface area (Å²) in [5, 5.41) is 0.676. The first kappa shape index (κ1) is 27.6. The van der Waals surface area contributed by atoms with Gasteiger partial charge in [0.15, 0.2) is 0 Å². The zero-order valence-electron chi connectivity index (χ0n) is 22.7. The van der Waals surface area contributed by atoms with Crippen LogP contribution in [0, 0.1) is 0 Å². The van der Waals surface area contributed by atoms with Gasteiger partial charge in [-0.1, -0.05) is 43.7 Å². The minimum absolute atomic E-state index is 0.348. The molecular formula is C31H36F3N3O2. The third-order valence-electron chi connectivity index (χ3n) is 8.28. The van der Waals surface area contributed by atoms with Crippen LogP contribution in [0.2, 0.25) is 0 Å². The number of esters is 1. The lowest BCUT2D eigenvalue weighted by atomic mass is 9.93. The van der Waals surface area contributed by atoms with E-state index in [0.717, 1.165) is 56.7 Å². The number of rotatable bonds is 6. The highest BCUT2D eigenvalue weighted by molar-refractivity contribution is 6.07. The van der Waals surface area contributed by atoms with Crippen molar-refractivity contribution in [3.8, 4) is 11.3 Å². The lowest BCUT2D eigenvalue weighted by molar-refractivity contribution is -0.137. The molecule has 2 aromatic carbocycles. The zero-order valence-corrected chi connectivity index (χ0v) is 22.7.